The second-order valence-corrected chi connectivity index (χ2v) is 9.86. The molecule has 0 spiro atoms. The predicted molar refractivity (Wildman–Crippen MR) is 155 cm³/mol. The third-order valence-electron chi connectivity index (χ3n) is 5.43. The number of nitrogens with zero attached hydrogens (tertiary/aromatic N) is 1. The highest BCUT2D eigenvalue weighted by Crippen LogP contribution is 2.35. The van der Waals surface area contributed by atoms with Gasteiger partial charge >= 0.3 is 0 Å². The number of thiocarbonyl (C=S) groups is 1. The van der Waals surface area contributed by atoms with Gasteiger partial charge in [-0.15, -0.1) is 0 Å². The van der Waals surface area contributed by atoms with Gasteiger partial charge in [-0.2, -0.15) is 0 Å². The van der Waals surface area contributed by atoms with Crippen LogP contribution in [-0.4, -0.2) is 40.9 Å². The van der Waals surface area contributed by atoms with E-state index >= 15 is 0 Å². The molecule has 7 nitrogen and oxygen atoms in total. The van der Waals surface area contributed by atoms with Crippen molar-refractivity contribution in [2.45, 2.75) is 20.4 Å². The molecule has 3 aromatic carbocycles. The summed E-state index contributed by atoms with van der Waals surface area (Å²) in [6, 6.07) is 22.2. The zero-order valence-corrected chi connectivity index (χ0v) is 22.8. The molecule has 0 unspecified atom stereocenters. The first-order chi connectivity index (χ1) is 18.5. The summed E-state index contributed by atoms with van der Waals surface area (Å²) in [5.41, 5.74) is 2.42. The zero-order valence-electron chi connectivity index (χ0n) is 21.1. The van der Waals surface area contributed by atoms with Crippen molar-refractivity contribution < 1.29 is 23.8 Å². The lowest BCUT2D eigenvalue weighted by molar-refractivity contribution is -0.122. The Bertz CT molecular complexity index is 1330. The normalized spacial score (nSPS) is 14.1. The fraction of sp³-hybridized carbons (Fsp3) is 0.207. The first-order valence-electron chi connectivity index (χ1n) is 12.2. The van der Waals surface area contributed by atoms with Crippen LogP contribution in [0.5, 0.6) is 17.2 Å². The number of thioether (sulfide) groups is 1. The quantitative estimate of drug-likeness (QED) is 0.236. The van der Waals surface area contributed by atoms with E-state index in [1.54, 1.807) is 47.4 Å². The van der Waals surface area contributed by atoms with Crippen LogP contribution < -0.4 is 19.5 Å². The molecule has 196 valence electrons. The van der Waals surface area contributed by atoms with Gasteiger partial charge in [-0.05, 0) is 67.4 Å². The average Bonchev–Trinajstić information content (AvgIpc) is 3.17. The molecule has 0 saturated carbocycles. The van der Waals surface area contributed by atoms with E-state index in [9.17, 15) is 9.59 Å². The van der Waals surface area contributed by atoms with Crippen LogP contribution in [0.2, 0.25) is 0 Å². The molecule has 0 radical (unpaired) electrons. The monoisotopic (exact) mass is 548 g/mol. The van der Waals surface area contributed by atoms with Gasteiger partial charge in [0.25, 0.3) is 11.8 Å². The molecule has 2 amide bonds. The molecular formula is C29H28N2O5S2. The highest BCUT2D eigenvalue weighted by atomic mass is 32.2. The van der Waals surface area contributed by atoms with E-state index in [2.05, 4.69) is 5.32 Å². The number of hydrogen-bond donors (Lipinski definition) is 1. The van der Waals surface area contributed by atoms with Crippen LogP contribution in [0.4, 0.5) is 5.69 Å². The Morgan fingerprint density at radius 1 is 0.947 bits per heavy atom. The second kappa shape index (κ2) is 13.1. The maximum atomic E-state index is 13.0. The van der Waals surface area contributed by atoms with E-state index in [-0.39, 0.29) is 18.4 Å². The molecule has 1 saturated heterocycles. The van der Waals surface area contributed by atoms with Gasteiger partial charge < -0.3 is 19.5 Å². The van der Waals surface area contributed by atoms with Crippen molar-refractivity contribution in [3.63, 3.8) is 0 Å². The molecule has 9 heteroatoms. The summed E-state index contributed by atoms with van der Waals surface area (Å²) in [4.78, 5) is 27.6. The lowest BCUT2D eigenvalue weighted by Crippen LogP contribution is -2.27. The fourth-order valence-electron chi connectivity index (χ4n) is 3.70. The Hall–Kier alpha value is -3.82. The summed E-state index contributed by atoms with van der Waals surface area (Å²) < 4.78 is 17.4. The van der Waals surface area contributed by atoms with Gasteiger partial charge in [0.05, 0.1) is 24.7 Å². The minimum atomic E-state index is -0.303. The number of nitrogens with one attached hydrogen (secondary N) is 1. The number of carbonyl (C=O) groups excluding carboxylic acids is 2. The Kier molecular flexibility index (Phi) is 9.40. The third-order valence-corrected chi connectivity index (χ3v) is 6.81. The van der Waals surface area contributed by atoms with Crippen molar-refractivity contribution in [1.29, 1.82) is 0 Å². The molecule has 1 aliphatic heterocycles. The summed E-state index contributed by atoms with van der Waals surface area (Å²) in [6.07, 6.45) is 1.79. The number of ether oxygens (including phenoxy) is 3. The Morgan fingerprint density at radius 3 is 2.39 bits per heavy atom. The van der Waals surface area contributed by atoms with Crippen molar-refractivity contribution in [3.05, 3.63) is 88.8 Å². The Labute approximate surface area is 231 Å². The van der Waals surface area contributed by atoms with Crippen LogP contribution in [0.15, 0.2) is 77.7 Å². The number of carbonyl (C=O) groups is 2. The lowest BCUT2D eigenvalue weighted by atomic mass is 10.1. The van der Waals surface area contributed by atoms with E-state index in [0.717, 1.165) is 16.9 Å². The molecule has 1 fully saturated rings. The van der Waals surface area contributed by atoms with Crippen LogP contribution in [-0.2, 0) is 16.1 Å². The van der Waals surface area contributed by atoms with Crippen molar-refractivity contribution >= 4 is 51.9 Å². The number of rotatable bonds is 11. The largest absolute Gasteiger partial charge is 0.494 e. The Morgan fingerprint density at radius 2 is 1.68 bits per heavy atom. The van der Waals surface area contributed by atoms with Gasteiger partial charge in [-0.25, -0.2) is 0 Å². The number of hydrogen-bond acceptors (Lipinski definition) is 7. The van der Waals surface area contributed by atoms with E-state index in [1.807, 2.05) is 50.2 Å². The van der Waals surface area contributed by atoms with E-state index < -0.39 is 0 Å². The van der Waals surface area contributed by atoms with Crippen molar-refractivity contribution in [2.75, 3.05) is 25.1 Å². The SMILES string of the molecule is CCOc1ccc(NC(=O)COc2ccc(/C=C3\SC(=S)N(Cc4ccccc4)C3=O)cc2OCC)cc1. The average molecular weight is 549 g/mol. The molecule has 0 aliphatic carbocycles. The molecule has 1 heterocycles. The van der Waals surface area contributed by atoms with E-state index in [0.29, 0.717) is 46.2 Å². The number of anilines is 1. The van der Waals surface area contributed by atoms with Crippen LogP contribution in [0.25, 0.3) is 6.08 Å². The van der Waals surface area contributed by atoms with Gasteiger partial charge in [-0.3, -0.25) is 14.5 Å². The summed E-state index contributed by atoms with van der Waals surface area (Å²) in [5.74, 6) is 1.22. The first-order valence-corrected chi connectivity index (χ1v) is 13.4. The molecule has 1 aliphatic rings. The van der Waals surface area contributed by atoms with Crippen LogP contribution in [0, 0.1) is 0 Å². The van der Waals surface area contributed by atoms with Crippen LogP contribution >= 0.6 is 24.0 Å². The summed E-state index contributed by atoms with van der Waals surface area (Å²) in [6.45, 7) is 5.01. The smallest absolute Gasteiger partial charge is 0.266 e. The maximum Gasteiger partial charge on any atom is 0.266 e. The molecule has 3 aromatic rings. The van der Waals surface area contributed by atoms with Gasteiger partial charge in [0, 0.05) is 5.69 Å². The molecule has 38 heavy (non-hydrogen) atoms. The van der Waals surface area contributed by atoms with Gasteiger partial charge in [-0.1, -0.05) is 60.4 Å². The van der Waals surface area contributed by atoms with Crippen LogP contribution in [0.3, 0.4) is 0 Å². The number of amides is 2. The summed E-state index contributed by atoms with van der Waals surface area (Å²) in [5, 5.41) is 2.80. The molecule has 0 aromatic heterocycles. The summed E-state index contributed by atoms with van der Waals surface area (Å²) in [7, 11) is 0. The van der Waals surface area contributed by atoms with Crippen molar-refractivity contribution in [2.24, 2.45) is 0 Å². The van der Waals surface area contributed by atoms with E-state index in [1.165, 1.54) is 11.8 Å². The minimum Gasteiger partial charge on any atom is -0.494 e. The highest BCUT2D eigenvalue weighted by Gasteiger charge is 2.32. The predicted octanol–water partition coefficient (Wildman–Crippen LogP) is 5.90. The minimum absolute atomic E-state index is 0.131. The Balaban J connectivity index is 1.40. The van der Waals surface area contributed by atoms with Gasteiger partial charge in [0.15, 0.2) is 18.1 Å². The fourth-order valence-corrected chi connectivity index (χ4v) is 4.95. The molecule has 4 rings (SSSR count). The lowest BCUT2D eigenvalue weighted by Gasteiger charge is -2.14. The number of benzene rings is 3. The van der Waals surface area contributed by atoms with E-state index in [4.69, 9.17) is 26.4 Å². The van der Waals surface area contributed by atoms with Gasteiger partial charge in [0.1, 0.15) is 10.1 Å². The maximum absolute atomic E-state index is 13.0. The van der Waals surface area contributed by atoms with Crippen molar-refractivity contribution in [1.82, 2.24) is 4.90 Å². The molecule has 0 bridgehead atoms. The highest BCUT2D eigenvalue weighted by molar-refractivity contribution is 8.26. The molecular weight excluding hydrogens is 520 g/mol. The topological polar surface area (TPSA) is 77.1 Å². The third kappa shape index (κ3) is 7.14. The zero-order chi connectivity index (χ0) is 26.9. The first kappa shape index (κ1) is 27.2. The standard InChI is InChI=1S/C29H28N2O5S2/c1-3-34-23-13-11-22(12-14-23)30-27(32)19-36-24-15-10-21(16-25(24)35-4-2)17-26-28(33)31(29(37)38-26)18-20-8-6-5-7-9-20/h5-17H,3-4,18-19H2,1-2H3,(H,30,32)/b26-17-. The summed E-state index contributed by atoms with van der Waals surface area (Å²) >= 11 is 6.73. The second-order valence-electron chi connectivity index (χ2n) is 8.19. The van der Waals surface area contributed by atoms with Crippen molar-refractivity contribution in [3.8, 4) is 17.2 Å². The van der Waals surface area contributed by atoms with Gasteiger partial charge in [0.2, 0.25) is 0 Å². The molecule has 1 N–H and O–H groups in total. The van der Waals surface area contributed by atoms with Crippen LogP contribution in [0.1, 0.15) is 25.0 Å². The molecule has 0 atom stereocenters.